The summed E-state index contributed by atoms with van der Waals surface area (Å²) in [5, 5.41) is 2.47. The van der Waals surface area contributed by atoms with Crippen LogP contribution in [0.2, 0.25) is 0 Å². The molecule has 0 N–H and O–H groups in total. The first-order valence-electron chi connectivity index (χ1n) is 20.8. The summed E-state index contributed by atoms with van der Waals surface area (Å²) < 4.78 is 0. The van der Waals surface area contributed by atoms with E-state index < -0.39 is 5.41 Å². The van der Waals surface area contributed by atoms with E-state index in [2.05, 4.69) is 254 Å². The predicted molar refractivity (Wildman–Crippen MR) is 252 cm³/mol. The molecule has 0 aliphatic heterocycles. The molecule has 0 saturated heterocycles. The predicted octanol–water partition coefficient (Wildman–Crippen LogP) is 15.7. The summed E-state index contributed by atoms with van der Waals surface area (Å²) in [5.41, 5.74) is 17.4. The van der Waals surface area contributed by atoms with Gasteiger partial charge in [-0.25, -0.2) is 0 Å². The Morgan fingerprint density at radius 2 is 0.800 bits per heavy atom. The van der Waals surface area contributed by atoms with Crippen molar-refractivity contribution in [2.75, 3.05) is 4.90 Å². The monoisotopic (exact) mass is 763 g/mol. The van der Waals surface area contributed by atoms with Crippen LogP contribution in [0.4, 0.5) is 17.1 Å². The molecule has 0 unspecified atom stereocenters. The van der Waals surface area contributed by atoms with E-state index in [1.54, 1.807) is 0 Å². The molecular formula is C59H41N. The number of nitrogens with zero attached hydrogens (tertiary/aromatic N) is 1. The maximum absolute atomic E-state index is 2.52. The second-order valence-corrected chi connectivity index (χ2v) is 15.6. The third kappa shape index (κ3) is 5.86. The van der Waals surface area contributed by atoms with Crippen molar-refractivity contribution in [3.63, 3.8) is 0 Å². The molecule has 1 heteroatoms. The van der Waals surface area contributed by atoms with Crippen LogP contribution in [0.3, 0.4) is 0 Å². The number of hydrogen-bond donors (Lipinski definition) is 0. The van der Waals surface area contributed by atoms with Crippen LogP contribution in [0.25, 0.3) is 55.3 Å². The molecule has 0 heterocycles. The topological polar surface area (TPSA) is 3.24 Å². The quantitative estimate of drug-likeness (QED) is 0.149. The Labute approximate surface area is 352 Å². The van der Waals surface area contributed by atoms with Gasteiger partial charge >= 0.3 is 0 Å². The summed E-state index contributed by atoms with van der Waals surface area (Å²) in [6.45, 7) is 0. The Bertz CT molecular complexity index is 3080. The van der Waals surface area contributed by atoms with Gasteiger partial charge in [0.1, 0.15) is 0 Å². The van der Waals surface area contributed by atoms with Crippen molar-refractivity contribution in [1.82, 2.24) is 0 Å². The van der Waals surface area contributed by atoms with Gasteiger partial charge in [-0.1, -0.05) is 218 Å². The van der Waals surface area contributed by atoms with Crippen LogP contribution in [0.1, 0.15) is 22.3 Å². The molecule has 60 heavy (non-hydrogen) atoms. The molecular weight excluding hydrogens is 723 g/mol. The highest BCUT2D eigenvalue weighted by atomic mass is 15.1. The van der Waals surface area contributed by atoms with Gasteiger partial charge in [-0.3, -0.25) is 0 Å². The highest BCUT2D eigenvalue weighted by molar-refractivity contribution is 6.00. The lowest BCUT2D eigenvalue weighted by Crippen LogP contribution is -2.28. The Kier molecular flexibility index (Phi) is 8.79. The molecule has 0 fully saturated rings. The molecule has 11 rings (SSSR count). The van der Waals surface area contributed by atoms with Crippen molar-refractivity contribution in [2.45, 2.75) is 5.41 Å². The molecule has 10 aromatic carbocycles. The van der Waals surface area contributed by atoms with Gasteiger partial charge in [0.15, 0.2) is 0 Å². The molecule has 0 atom stereocenters. The summed E-state index contributed by atoms with van der Waals surface area (Å²) in [4.78, 5) is 2.52. The summed E-state index contributed by atoms with van der Waals surface area (Å²) in [7, 11) is 0. The molecule has 1 aliphatic rings. The van der Waals surface area contributed by atoms with Gasteiger partial charge in [0.2, 0.25) is 0 Å². The summed E-state index contributed by atoms with van der Waals surface area (Å²) >= 11 is 0. The summed E-state index contributed by atoms with van der Waals surface area (Å²) in [5.74, 6) is 0. The lowest BCUT2D eigenvalue weighted by atomic mass is 9.68. The number of hydrogen-bond acceptors (Lipinski definition) is 1. The second kappa shape index (κ2) is 14.9. The Morgan fingerprint density at radius 1 is 0.283 bits per heavy atom. The fraction of sp³-hybridized carbons (Fsp3) is 0.0169. The third-order valence-electron chi connectivity index (χ3n) is 12.3. The minimum absolute atomic E-state index is 0.525. The molecule has 0 spiro atoms. The van der Waals surface area contributed by atoms with E-state index in [1.165, 1.54) is 66.4 Å². The molecule has 0 radical (unpaired) electrons. The van der Waals surface area contributed by atoms with Crippen LogP contribution in [-0.2, 0) is 5.41 Å². The molecule has 0 bridgehead atoms. The minimum atomic E-state index is -0.525. The molecule has 0 amide bonds. The van der Waals surface area contributed by atoms with Crippen LogP contribution < -0.4 is 4.90 Å². The van der Waals surface area contributed by atoms with Gasteiger partial charge in [-0.15, -0.1) is 0 Å². The van der Waals surface area contributed by atoms with E-state index in [1.807, 2.05) is 0 Å². The SMILES string of the molecule is c1ccc(-c2ccc(N(c3cc(-c4ccc5ccccc5c4)ccc3-c3ccccc3)c3cccc4c3-c3ccccc3C4(c3ccccc3)c3ccccc3)cc2)cc1. The highest BCUT2D eigenvalue weighted by Crippen LogP contribution is 2.60. The molecule has 1 nitrogen and oxygen atoms in total. The van der Waals surface area contributed by atoms with Crippen molar-refractivity contribution >= 4 is 27.8 Å². The van der Waals surface area contributed by atoms with E-state index in [4.69, 9.17) is 0 Å². The zero-order valence-corrected chi connectivity index (χ0v) is 33.1. The standard InChI is InChI=1S/C59H41N/c1-5-18-42(19-6-1)44-34-37-51(38-35-44)60(57-41-48(36-39-52(57)45-21-7-2-8-22-45)47-33-32-43-20-13-14-23-46(43)40-47)56-31-17-30-55-58(56)53-28-15-16-29-54(53)59(55,49-24-9-3-10-25-49)50-26-11-4-12-27-50/h1-41H. The molecule has 282 valence electrons. The van der Waals surface area contributed by atoms with Gasteiger partial charge in [-0.05, 0) is 96.7 Å². The summed E-state index contributed by atoms with van der Waals surface area (Å²) in [6, 6.07) is 91.2. The molecule has 10 aromatic rings. The number of benzene rings is 10. The van der Waals surface area contributed by atoms with Crippen molar-refractivity contribution in [3.05, 3.63) is 271 Å². The lowest BCUT2D eigenvalue weighted by molar-refractivity contribution is 0.768. The van der Waals surface area contributed by atoms with Crippen molar-refractivity contribution in [3.8, 4) is 44.5 Å². The van der Waals surface area contributed by atoms with Crippen LogP contribution >= 0.6 is 0 Å². The second-order valence-electron chi connectivity index (χ2n) is 15.6. The molecule has 1 aliphatic carbocycles. The zero-order valence-electron chi connectivity index (χ0n) is 33.1. The van der Waals surface area contributed by atoms with Crippen LogP contribution in [0.5, 0.6) is 0 Å². The number of fused-ring (bicyclic) bond motifs is 4. The first-order chi connectivity index (χ1) is 29.8. The summed E-state index contributed by atoms with van der Waals surface area (Å²) in [6.07, 6.45) is 0. The molecule has 0 saturated carbocycles. The average molecular weight is 764 g/mol. The van der Waals surface area contributed by atoms with Crippen LogP contribution in [0.15, 0.2) is 249 Å². The lowest BCUT2D eigenvalue weighted by Gasteiger charge is -2.34. The fourth-order valence-corrected chi connectivity index (χ4v) is 9.63. The van der Waals surface area contributed by atoms with Gasteiger partial charge in [0.05, 0.1) is 16.8 Å². The minimum Gasteiger partial charge on any atom is -0.309 e. The molecule has 0 aromatic heterocycles. The zero-order chi connectivity index (χ0) is 39.9. The van der Waals surface area contributed by atoms with Crippen LogP contribution in [-0.4, -0.2) is 0 Å². The third-order valence-corrected chi connectivity index (χ3v) is 12.3. The van der Waals surface area contributed by atoms with E-state index >= 15 is 0 Å². The van der Waals surface area contributed by atoms with Crippen molar-refractivity contribution in [2.24, 2.45) is 0 Å². The normalized spacial score (nSPS) is 12.5. The van der Waals surface area contributed by atoms with Crippen molar-refractivity contribution in [1.29, 1.82) is 0 Å². The van der Waals surface area contributed by atoms with E-state index in [-0.39, 0.29) is 0 Å². The van der Waals surface area contributed by atoms with E-state index in [9.17, 15) is 0 Å². The average Bonchev–Trinajstić information content (AvgIpc) is 3.64. The first-order valence-corrected chi connectivity index (χ1v) is 20.8. The van der Waals surface area contributed by atoms with Gasteiger partial charge in [-0.2, -0.15) is 0 Å². The number of rotatable bonds is 8. The van der Waals surface area contributed by atoms with E-state index in [0.717, 1.165) is 28.2 Å². The van der Waals surface area contributed by atoms with Gasteiger partial charge in [0.25, 0.3) is 0 Å². The smallest absolute Gasteiger partial charge is 0.0714 e. The first kappa shape index (κ1) is 35.4. The largest absolute Gasteiger partial charge is 0.309 e. The van der Waals surface area contributed by atoms with E-state index in [0.29, 0.717) is 0 Å². The fourth-order valence-electron chi connectivity index (χ4n) is 9.63. The number of anilines is 3. The van der Waals surface area contributed by atoms with Gasteiger partial charge < -0.3 is 4.90 Å². The maximum Gasteiger partial charge on any atom is 0.0714 e. The Morgan fingerprint density at radius 3 is 1.50 bits per heavy atom. The highest BCUT2D eigenvalue weighted by Gasteiger charge is 2.47. The maximum atomic E-state index is 2.52. The van der Waals surface area contributed by atoms with Gasteiger partial charge in [0, 0.05) is 16.8 Å². The Hall–Kier alpha value is -7.74. The Balaban J connectivity index is 1.22. The van der Waals surface area contributed by atoms with Crippen molar-refractivity contribution < 1.29 is 0 Å². The van der Waals surface area contributed by atoms with Crippen LogP contribution in [0, 0.1) is 0 Å².